The molecule has 0 spiro atoms. The molecule has 14 heteroatoms. The number of carbonyl (C=O) groups excluding carboxylic acids is 2. The number of carbonyl (C=O) groups is 2. The summed E-state index contributed by atoms with van der Waals surface area (Å²) < 4.78 is 7.10. The Morgan fingerprint density at radius 1 is 0.824 bits per heavy atom. The van der Waals surface area contributed by atoms with Gasteiger partial charge in [0.15, 0.2) is 0 Å². The Kier molecular flexibility index (Phi) is 10.3. The largest absolute Gasteiger partial charge is 0.480 e. The van der Waals surface area contributed by atoms with E-state index < -0.39 is 0 Å². The zero-order valence-electron chi connectivity index (χ0n) is 27.8. The second kappa shape index (κ2) is 15.2. The lowest BCUT2D eigenvalue weighted by atomic mass is 9.97. The molecule has 7 rings (SSSR count). The van der Waals surface area contributed by atoms with Crippen molar-refractivity contribution in [2.24, 2.45) is 0 Å². The quantitative estimate of drug-likeness (QED) is 0.145. The molecule has 0 radical (unpaired) electrons. The maximum Gasteiger partial charge on any atom is 0.262 e. The minimum absolute atomic E-state index is 0.0584. The van der Waals surface area contributed by atoms with E-state index in [-0.39, 0.29) is 29.5 Å². The SMILES string of the molecule is COc1nc(-c2cccc(-c3cccc(-c4ccn5c(=O)c(CNC[C@@H]6CCC(=O)N6)cnc5c4)c3Cl)c2Cl)cnc1CNC[C@@H]1CCC(=O)N1. The molecule has 2 atom stereocenters. The highest BCUT2D eigenvalue weighted by Gasteiger charge is 2.22. The van der Waals surface area contributed by atoms with Crippen LogP contribution in [0.25, 0.3) is 39.2 Å². The van der Waals surface area contributed by atoms with Crippen LogP contribution in [-0.4, -0.2) is 63.4 Å². The summed E-state index contributed by atoms with van der Waals surface area (Å²) in [6.45, 7) is 1.99. The first-order valence-electron chi connectivity index (χ1n) is 16.8. The molecule has 2 aliphatic heterocycles. The fourth-order valence-corrected chi connectivity index (χ4v) is 7.18. The number of ether oxygens (including phenoxy) is 1. The van der Waals surface area contributed by atoms with Gasteiger partial charge in [-0.1, -0.05) is 59.6 Å². The van der Waals surface area contributed by atoms with Crippen molar-refractivity contribution >= 4 is 40.7 Å². The van der Waals surface area contributed by atoms with Gasteiger partial charge in [-0.15, -0.1) is 0 Å². The van der Waals surface area contributed by atoms with Crippen LogP contribution in [0.5, 0.6) is 5.88 Å². The third-order valence-electron chi connectivity index (χ3n) is 9.22. The fourth-order valence-electron chi connectivity index (χ4n) is 6.52. The van der Waals surface area contributed by atoms with Crippen LogP contribution < -0.4 is 31.6 Å². The molecule has 12 nitrogen and oxygen atoms in total. The Labute approximate surface area is 304 Å². The number of hydrogen-bond acceptors (Lipinski definition) is 9. The molecule has 0 saturated carbocycles. The lowest BCUT2D eigenvalue weighted by Gasteiger charge is -2.15. The maximum absolute atomic E-state index is 13.3. The minimum Gasteiger partial charge on any atom is -0.480 e. The summed E-state index contributed by atoms with van der Waals surface area (Å²) in [5, 5.41) is 13.4. The van der Waals surface area contributed by atoms with Crippen LogP contribution >= 0.6 is 23.2 Å². The average molecular weight is 728 g/mol. The summed E-state index contributed by atoms with van der Waals surface area (Å²) in [5.74, 6) is 0.513. The summed E-state index contributed by atoms with van der Waals surface area (Å²) in [6, 6.07) is 15.2. The fraction of sp³-hybridized carbons (Fsp3) is 0.297. The maximum atomic E-state index is 13.3. The highest BCUT2D eigenvalue weighted by atomic mass is 35.5. The van der Waals surface area contributed by atoms with Gasteiger partial charge in [0.2, 0.25) is 17.7 Å². The summed E-state index contributed by atoms with van der Waals surface area (Å²) >= 11 is 14.1. The Morgan fingerprint density at radius 3 is 2.10 bits per heavy atom. The number of rotatable bonds is 12. The van der Waals surface area contributed by atoms with Crippen molar-refractivity contribution in [2.75, 3.05) is 20.2 Å². The Bertz CT molecular complexity index is 2190. The lowest BCUT2D eigenvalue weighted by Crippen LogP contribution is -2.36. The second-order valence-corrected chi connectivity index (χ2v) is 13.4. The van der Waals surface area contributed by atoms with E-state index in [1.54, 1.807) is 25.7 Å². The molecule has 2 aliphatic rings. The monoisotopic (exact) mass is 726 g/mol. The molecule has 262 valence electrons. The minimum atomic E-state index is -0.166. The standard InChI is InChI=1S/C37H36Cl2N8O4/c1-51-36-30(19-41-18-24-9-11-33(49)45-24)42-20-29(46-36)28-7-3-6-27(35(28)39)26-5-2-4-25(34(26)38)21-12-13-47-31(14-21)43-16-22(37(47)50)15-40-17-23-8-10-32(48)44-23/h2-7,12-14,16,20,23-24,40-41H,8-11,15,17-19H2,1H3,(H,44,48)(H,45,49)/t23-,24-/m0/s1. The number of methoxy groups -OCH3 is 1. The highest BCUT2D eigenvalue weighted by Crippen LogP contribution is 2.42. The number of hydrogen-bond donors (Lipinski definition) is 4. The molecular formula is C37H36Cl2N8O4. The summed E-state index contributed by atoms with van der Waals surface area (Å²) in [6.07, 6.45) is 7.63. The molecule has 5 aromatic rings. The summed E-state index contributed by atoms with van der Waals surface area (Å²) in [4.78, 5) is 50.1. The van der Waals surface area contributed by atoms with Gasteiger partial charge in [0, 0.05) is 91.3 Å². The third kappa shape index (κ3) is 7.45. The van der Waals surface area contributed by atoms with Crippen molar-refractivity contribution in [2.45, 2.75) is 50.9 Å². The van der Waals surface area contributed by atoms with Crippen LogP contribution in [0.15, 0.2) is 71.9 Å². The Hall–Kier alpha value is -4.88. The molecule has 51 heavy (non-hydrogen) atoms. The van der Waals surface area contributed by atoms with Crippen molar-refractivity contribution < 1.29 is 14.3 Å². The number of nitrogens with one attached hydrogen (secondary N) is 4. The number of halogens is 2. The van der Waals surface area contributed by atoms with Gasteiger partial charge >= 0.3 is 0 Å². The van der Waals surface area contributed by atoms with Gasteiger partial charge in [-0.3, -0.25) is 23.8 Å². The van der Waals surface area contributed by atoms with E-state index in [4.69, 9.17) is 32.9 Å². The molecule has 2 aromatic carbocycles. The topological polar surface area (TPSA) is 152 Å². The summed E-state index contributed by atoms with van der Waals surface area (Å²) in [5.41, 5.74) is 5.70. The zero-order chi connectivity index (χ0) is 35.5. The predicted octanol–water partition coefficient (Wildman–Crippen LogP) is 4.54. The van der Waals surface area contributed by atoms with Crippen LogP contribution in [0.1, 0.15) is 36.9 Å². The number of pyridine rings is 1. The van der Waals surface area contributed by atoms with Crippen LogP contribution in [0.4, 0.5) is 0 Å². The molecule has 0 bridgehead atoms. The smallest absolute Gasteiger partial charge is 0.262 e. The molecule has 4 N–H and O–H groups in total. The van der Waals surface area contributed by atoms with Gasteiger partial charge in [0.1, 0.15) is 11.3 Å². The first-order chi connectivity index (χ1) is 24.8. The number of amides is 2. The van der Waals surface area contributed by atoms with E-state index in [1.165, 1.54) is 4.40 Å². The lowest BCUT2D eigenvalue weighted by molar-refractivity contribution is -0.120. The normalized spacial score (nSPS) is 17.2. The molecule has 0 unspecified atom stereocenters. The van der Waals surface area contributed by atoms with Gasteiger partial charge < -0.3 is 26.0 Å². The summed E-state index contributed by atoms with van der Waals surface area (Å²) in [7, 11) is 1.55. The highest BCUT2D eigenvalue weighted by molar-refractivity contribution is 6.39. The number of fused-ring (bicyclic) bond motifs is 1. The molecule has 3 aromatic heterocycles. The molecule has 0 aliphatic carbocycles. The van der Waals surface area contributed by atoms with Crippen molar-refractivity contribution in [3.63, 3.8) is 0 Å². The first kappa shape index (κ1) is 34.6. The third-order valence-corrected chi connectivity index (χ3v) is 10.0. The first-order valence-corrected chi connectivity index (χ1v) is 17.5. The van der Waals surface area contributed by atoms with E-state index in [0.29, 0.717) is 83.1 Å². The van der Waals surface area contributed by atoms with Crippen molar-refractivity contribution in [1.29, 1.82) is 0 Å². The van der Waals surface area contributed by atoms with Crippen molar-refractivity contribution in [3.05, 3.63) is 98.8 Å². The van der Waals surface area contributed by atoms with E-state index >= 15 is 0 Å². The molecule has 2 amide bonds. The number of nitrogens with zero attached hydrogens (tertiary/aromatic N) is 4. The average Bonchev–Trinajstić information content (AvgIpc) is 3.76. The van der Waals surface area contributed by atoms with Crippen LogP contribution in [0.3, 0.4) is 0 Å². The van der Waals surface area contributed by atoms with Crippen LogP contribution in [-0.2, 0) is 22.7 Å². The number of benzene rings is 2. The van der Waals surface area contributed by atoms with Crippen LogP contribution in [0.2, 0.25) is 10.0 Å². The van der Waals surface area contributed by atoms with Crippen LogP contribution in [0, 0.1) is 0 Å². The van der Waals surface area contributed by atoms with E-state index in [9.17, 15) is 14.4 Å². The molecule has 2 fully saturated rings. The van der Waals surface area contributed by atoms with E-state index in [1.807, 2.05) is 48.5 Å². The van der Waals surface area contributed by atoms with Gasteiger partial charge in [-0.25, -0.2) is 9.97 Å². The molecular weight excluding hydrogens is 691 g/mol. The number of aromatic nitrogens is 4. The van der Waals surface area contributed by atoms with Crippen molar-refractivity contribution in [1.82, 2.24) is 40.6 Å². The van der Waals surface area contributed by atoms with E-state index in [2.05, 4.69) is 31.2 Å². The van der Waals surface area contributed by atoms with Gasteiger partial charge in [0.25, 0.3) is 5.56 Å². The Balaban J connectivity index is 1.10. The molecule has 5 heterocycles. The van der Waals surface area contributed by atoms with Crippen molar-refractivity contribution in [3.8, 4) is 39.4 Å². The van der Waals surface area contributed by atoms with Gasteiger partial charge in [-0.05, 0) is 30.5 Å². The second-order valence-electron chi connectivity index (χ2n) is 12.6. The predicted molar refractivity (Wildman–Crippen MR) is 196 cm³/mol. The van der Waals surface area contributed by atoms with Gasteiger partial charge in [-0.2, -0.15) is 0 Å². The van der Waals surface area contributed by atoms with E-state index in [0.717, 1.165) is 35.1 Å². The zero-order valence-corrected chi connectivity index (χ0v) is 29.4. The van der Waals surface area contributed by atoms with Gasteiger partial charge in [0.05, 0.1) is 29.0 Å². The molecule has 2 saturated heterocycles. The Morgan fingerprint density at radius 2 is 1.45 bits per heavy atom.